The fourth-order valence-electron chi connectivity index (χ4n) is 1.33. The van der Waals surface area contributed by atoms with Crippen molar-refractivity contribution in [2.24, 2.45) is 0 Å². The Morgan fingerprint density at radius 2 is 1.94 bits per heavy atom. The fourth-order valence-corrected chi connectivity index (χ4v) is 1.33. The summed E-state index contributed by atoms with van der Waals surface area (Å²) in [5.41, 5.74) is 1.05. The highest BCUT2D eigenvalue weighted by Crippen LogP contribution is 2.18. The van der Waals surface area contributed by atoms with Crippen LogP contribution in [0, 0.1) is 0 Å². The average Bonchev–Trinajstić information content (AvgIpc) is 2.29. The van der Waals surface area contributed by atoms with Crippen molar-refractivity contribution < 1.29 is 14.3 Å². The molecule has 86 valence electrons. The number of carbonyl (C=O) groups is 1. The molecule has 3 nitrogen and oxygen atoms in total. The van der Waals surface area contributed by atoms with E-state index in [1.165, 1.54) is 0 Å². The molecule has 1 aromatic carbocycles. The second-order valence-corrected chi connectivity index (χ2v) is 3.40. The number of esters is 1. The van der Waals surface area contributed by atoms with Gasteiger partial charge < -0.3 is 9.47 Å². The maximum atomic E-state index is 10.9. The lowest BCUT2D eigenvalue weighted by Gasteiger charge is -2.18. The molecule has 0 fully saturated rings. The molecule has 2 atom stereocenters. The molecule has 0 aliphatic rings. The minimum atomic E-state index is -0.583. The van der Waals surface area contributed by atoms with E-state index in [0.29, 0.717) is 0 Å². The molecular weight excluding hydrogens is 204 g/mol. The molecule has 0 saturated heterocycles. The second kappa shape index (κ2) is 6.08. The molecule has 2 unspecified atom stereocenters. The number of benzene rings is 1. The topological polar surface area (TPSA) is 35.5 Å². The summed E-state index contributed by atoms with van der Waals surface area (Å²) in [6.45, 7) is 6.91. The largest absolute Gasteiger partial charge is 0.433 e. The predicted molar refractivity (Wildman–Crippen MR) is 61.7 cm³/mol. The van der Waals surface area contributed by atoms with Crippen molar-refractivity contribution >= 4 is 5.97 Å². The Balaban J connectivity index is 2.48. The van der Waals surface area contributed by atoms with Crippen LogP contribution in [0.3, 0.4) is 0 Å². The molecule has 0 amide bonds. The fraction of sp³-hybridized carbons (Fsp3) is 0.308. The lowest BCUT2D eigenvalue weighted by molar-refractivity contribution is -0.178. The first-order valence-corrected chi connectivity index (χ1v) is 5.17. The van der Waals surface area contributed by atoms with Crippen LogP contribution in [0.1, 0.15) is 25.5 Å². The Morgan fingerprint density at radius 1 is 1.31 bits per heavy atom. The summed E-state index contributed by atoms with van der Waals surface area (Å²) in [5.74, 6) is -0.479. The standard InChI is InChI=1S/C13H16O3/c1-4-13(14)16-11(3)15-10(2)12-8-6-5-7-9-12/h4-11H,1H2,2-3H3. The summed E-state index contributed by atoms with van der Waals surface area (Å²) in [4.78, 5) is 10.9. The molecule has 3 heteroatoms. The van der Waals surface area contributed by atoms with Gasteiger partial charge in [-0.15, -0.1) is 0 Å². The Hall–Kier alpha value is -1.61. The molecule has 0 aromatic heterocycles. The molecule has 0 radical (unpaired) electrons. The number of hydrogen-bond donors (Lipinski definition) is 0. The summed E-state index contributed by atoms with van der Waals surface area (Å²) in [6.07, 6.45) is 0.419. The van der Waals surface area contributed by atoms with E-state index < -0.39 is 12.3 Å². The van der Waals surface area contributed by atoms with Crippen LogP contribution in [0.4, 0.5) is 0 Å². The lowest BCUT2D eigenvalue weighted by atomic mass is 10.1. The van der Waals surface area contributed by atoms with Crippen LogP contribution in [0.15, 0.2) is 43.0 Å². The Morgan fingerprint density at radius 3 is 2.50 bits per heavy atom. The first-order chi connectivity index (χ1) is 7.63. The van der Waals surface area contributed by atoms with E-state index in [0.717, 1.165) is 11.6 Å². The molecule has 1 aromatic rings. The van der Waals surface area contributed by atoms with Crippen molar-refractivity contribution in [3.05, 3.63) is 48.6 Å². The first-order valence-electron chi connectivity index (χ1n) is 5.17. The van der Waals surface area contributed by atoms with E-state index in [2.05, 4.69) is 6.58 Å². The molecular formula is C13H16O3. The smallest absolute Gasteiger partial charge is 0.332 e. The molecule has 0 N–H and O–H groups in total. The summed E-state index contributed by atoms with van der Waals surface area (Å²) in [5, 5.41) is 0. The van der Waals surface area contributed by atoms with Gasteiger partial charge in [0.25, 0.3) is 0 Å². The van der Waals surface area contributed by atoms with Gasteiger partial charge in [0.05, 0.1) is 6.10 Å². The minimum Gasteiger partial charge on any atom is -0.433 e. The second-order valence-electron chi connectivity index (χ2n) is 3.40. The van der Waals surface area contributed by atoms with E-state index in [1.54, 1.807) is 6.92 Å². The maximum absolute atomic E-state index is 10.9. The lowest BCUT2D eigenvalue weighted by Crippen LogP contribution is -2.18. The molecule has 0 aliphatic heterocycles. The van der Waals surface area contributed by atoms with Crippen molar-refractivity contribution in [3.8, 4) is 0 Å². The van der Waals surface area contributed by atoms with Gasteiger partial charge in [-0.2, -0.15) is 0 Å². The molecule has 0 bridgehead atoms. The van der Waals surface area contributed by atoms with Crippen molar-refractivity contribution in [1.82, 2.24) is 0 Å². The molecule has 1 rings (SSSR count). The van der Waals surface area contributed by atoms with Crippen LogP contribution >= 0.6 is 0 Å². The predicted octanol–water partition coefficient (Wildman–Crippen LogP) is 2.84. The van der Waals surface area contributed by atoms with E-state index in [9.17, 15) is 4.79 Å². The van der Waals surface area contributed by atoms with Crippen LogP contribution in [-0.2, 0) is 14.3 Å². The number of ether oxygens (including phenoxy) is 2. The SMILES string of the molecule is C=CC(=O)OC(C)OC(C)c1ccccc1. The van der Waals surface area contributed by atoms with Gasteiger partial charge in [0, 0.05) is 6.08 Å². The molecule has 16 heavy (non-hydrogen) atoms. The molecule has 0 spiro atoms. The van der Waals surface area contributed by atoms with Crippen LogP contribution in [-0.4, -0.2) is 12.3 Å². The zero-order valence-corrected chi connectivity index (χ0v) is 9.55. The third-order valence-corrected chi connectivity index (χ3v) is 2.11. The third-order valence-electron chi connectivity index (χ3n) is 2.11. The maximum Gasteiger partial charge on any atom is 0.332 e. The molecule has 0 aliphatic carbocycles. The van der Waals surface area contributed by atoms with Gasteiger partial charge in [-0.1, -0.05) is 36.9 Å². The number of rotatable bonds is 5. The van der Waals surface area contributed by atoms with Gasteiger partial charge in [-0.3, -0.25) is 0 Å². The van der Waals surface area contributed by atoms with Crippen molar-refractivity contribution in [2.45, 2.75) is 26.2 Å². The van der Waals surface area contributed by atoms with Crippen LogP contribution in [0.25, 0.3) is 0 Å². The average molecular weight is 220 g/mol. The summed E-state index contributed by atoms with van der Waals surface area (Å²) < 4.78 is 10.4. The van der Waals surface area contributed by atoms with Crippen LogP contribution in [0.5, 0.6) is 0 Å². The molecule has 0 saturated carbocycles. The van der Waals surface area contributed by atoms with Gasteiger partial charge in [0.1, 0.15) is 0 Å². The van der Waals surface area contributed by atoms with Crippen LogP contribution < -0.4 is 0 Å². The van der Waals surface area contributed by atoms with Gasteiger partial charge in [-0.25, -0.2) is 4.79 Å². The van der Waals surface area contributed by atoms with E-state index >= 15 is 0 Å². The summed E-state index contributed by atoms with van der Waals surface area (Å²) in [6, 6.07) is 9.75. The van der Waals surface area contributed by atoms with E-state index in [1.807, 2.05) is 37.3 Å². The van der Waals surface area contributed by atoms with E-state index in [4.69, 9.17) is 9.47 Å². The van der Waals surface area contributed by atoms with Gasteiger partial charge in [0.15, 0.2) is 0 Å². The zero-order valence-electron chi connectivity index (χ0n) is 9.55. The van der Waals surface area contributed by atoms with Gasteiger partial charge in [0.2, 0.25) is 6.29 Å². The van der Waals surface area contributed by atoms with Gasteiger partial charge in [-0.05, 0) is 19.4 Å². The number of hydrogen-bond acceptors (Lipinski definition) is 3. The third kappa shape index (κ3) is 3.87. The van der Waals surface area contributed by atoms with E-state index in [-0.39, 0.29) is 6.10 Å². The summed E-state index contributed by atoms with van der Waals surface area (Å²) in [7, 11) is 0. The van der Waals surface area contributed by atoms with Crippen molar-refractivity contribution in [2.75, 3.05) is 0 Å². The Kier molecular flexibility index (Phi) is 4.73. The Labute approximate surface area is 95.7 Å². The highest BCUT2D eigenvalue weighted by atomic mass is 16.7. The first kappa shape index (κ1) is 12.5. The quantitative estimate of drug-likeness (QED) is 0.435. The van der Waals surface area contributed by atoms with Crippen LogP contribution in [0.2, 0.25) is 0 Å². The highest BCUT2D eigenvalue weighted by Gasteiger charge is 2.12. The minimum absolute atomic E-state index is 0.117. The summed E-state index contributed by atoms with van der Waals surface area (Å²) >= 11 is 0. The zero-order chi connectivity index (χ0) is 12.0. The highest BCUT2D eigenvalue weighted by molar-refractivity contribution is 5.81. The molecule has 0 heterocycles. The number of carbonyl (C=O) groups excluding carboxylic acids is 1. The normalized spacial score (nSPS) is 13.9. The van der Waals surface area contributed by atoms with Crippen molar-refractivity contribution in [3.63, 3.8) is 0 Å². The Bertz CT molecular complexity index is 345. The monoisotopic (exact) mass is 220 g/mol. The van der Waals surface area contributed by atoms with Gasteiger partial charge >= 0.3 is 5.97 Å². The van der Waals surface area contributed by atoms with Crippen molar-refractivity contribution in [1.29, 1.82) is 0 Å².